The van der Waals surface area contributed by atoms with Crippen LogP contribution in [0.5, 0.6) is 5.75 Å². The molecule has 2 aromatic carbocycles. The predicted molar refractivity (Wildman–Crippen MR) is 80.6 cm³/mol. The summed E-state index contributed by atoms with van der Waals surface area (Å²) in [5.41, 5.74) is 6.46. The van der Waals surface area contributed by atoms with Crippen LogP contribution in [0.15, 0.2) is 48.5 Å². The van der Waals surface area contributed by atoms with Gasteiger partial charge in [-0.15, -0.1) is 0 Å². The van der Waals surface area contributed by atoms with Gasteiger partial charge in [-0.05, 0) is 30.3 Å². The van der Waals surface area contributed by atoms with Crippen molar-refractivity contribution < 1.29 is 14.3 Å². The fourth-order valence-electron chi connectivity index (χ4n) is 1.82. The first-order valence-electron chi connectivity index (χ1n) is 6.21. The monoisotopic (exact) mass is 285 g/mol. The number of urea groups is 1. The molecule has 2 aromatic rings. The van der Waals surface area contributed by atoms with E-state index in [-0.39, 0.29) is 5.91 Å². The summed E-state index contributed by atoms with van der Waals surface area (Å²) in [6.07, 6.45) is 0. The molecule has 0 radical (unpaired) electrons. The van der Waals surface area contributed by atoms with Gasteiger partial charge in [-0.3, -0.25) is 4.79 Å². The molecule has 0 atom stereocenters. The maximum atomic E-state index is 12.2. The normalized spacial score (nSPS) is 9.76. The predicted octanol–water partition coefficient (Wildman–Crippen LogP) is 2.44. The van der Waals surface area contributed by atoms with Crippen LogP contribution in [0.2, 0.25) is 0 Å². The van der Waals surface area contributed by atoms with Gasteiger partial charge in [0.25, 0.3) is 5.91 Å². The summed E-state index contributed by atoms with van der Waals surface area (Å²) in [4.78, 5) is 23.0. The largest absolute Gasteiger partial charge is 0.495 e. The SMILES string of the molecule is COc1ccccc1NC(=O)c1cccc(NC(N)=O)c1. The van der Waals surface area contributed by atoms with Crippen LogP contribution in [0.4, 0.5) is 16.2 Å². The van der Waals surface area contributed by atoms with Crippen molar-refractivity contribution in [2.24, 2.45) is 5.73 Å². The molecule has 0 aliphatic rings. The molecular formula is C15H15N3O3. The maximum Gasteiger partial charge on any atom is 0.316 e. The number of nitrogens with two attached hydrogens (primary N) is 1. The lowest BCUT2D eigenvalue weighted by atomic mass is 10.2. The first-order valence-corrected chi connectivity index (χ1v) is 6.21. The first-order chi connectivity index (χ1) is 10.1. The number of ether oxygens (including phenoxy) is 1. The molecule has 0 unspecified atom stereocenters. The van der Waals surface area contributed by atoms with Crippen molar-refractivity contribution in [3.8, 4) is 5.75 Å². The molecule has 0 saturated carbocycles. The van der Waals surface area contributed by atoms with E-state index >= 15 is 0 Å². The second kappa shape index (κ2) is 6.42. The highest BCUT2D eigenvalue weighted by Crippen LogP contribution is 2.24. The zero-order chi connectivity index (χ0) is 15.2. The number of para-hydroxylation sites is 2. The number of benzene rings is 2. The van der Waals surface area contributed by atoms with Crippen LogP contribution in [0.25, 0.3) is 0 Å². The number of carbonyl (C=O) groups is 2. The standard InChI is InChI=1S/C15H15N3O3/c1-21-13-8-3-2-7-12(13)18-14(19)10-5-4-6-11(9-10)17-15(16)20/h2-9H,1H3,(H,18,19)(H3,16,17,20). The third kappa shape index (κ3) is 3.73. The summed E-state index contributed by atoms with van der Waals surface area (Å²) < 4.78 is 5.17. The number of rotatable bonds is 4. The van der Waals surface area contributed by atoms with E-state index in [2.05, 4.69) is 10.6 Å². The number of nitrogens with one attached hydrogen (secondary N) is 2. The lowest BCUT2D eigenvalue weighted by molar-refractivity contribution is 0.102. The fourth-order valence-corrected chi connectivity index (χ4v) is 1.82. The van der Waals surface area contributed by atoms with E-state index in [1.807, 2.05) is 6.07 Å². The van der Waals surface area contributed by atoms with Gasteiger partial charge in [-0.1, -0.05) is 18.2 Å². The molecule has 0 spiro atoms. The molecule has 4 N–H and O–H groups in total. The highest BCUT2D eigenvalue weighted by molar-refractivity contribution is 6.06. The molecule has 108 valence electrons. The van der Waals surface area contributed by atoms with Gasteiger partial charge < -0.3 is 21.1 Å². The van der Waals surface area contributed by atoms with Crippen LogP contribution < -0.4 is 21.1 Å². The van der Waals surface area contributed by atoms with Crippen LogP contribution in [0.1, 0.15) is 10.4 Å². The molecule has 0 heterocycles. The van der Waals surface area contributed by atoms with Gasteiger partial charge in [-0.2, -0.15) is 0 Å². The summed E-state index contributed by atoms with van der Waals surface area (Å²) in [6.45, 7) is 0. The molecule has 6 heteroatoms. The van der Waals surface area contributed by atoms with E-state index in [0.29, 0.717) is 22.7 Å². The van der Waals surface area contributed by atoms with E-state index < -0.39 is 6.03 Å². The fraction of sp³-hybridized carbons (Fsp3) is 0.0667. The molecule has 6 nitrogen and oxygen atoms in total. The molecule has 3 amide bonds. The molecule has 0 saturated heterocycles. The molecule has 21 heavy (non-hydrogen) atoms. The Morgan fingerprint density at radius 3 is 2.52 bits per heavy atom. The van der Waals surface area contributed by atoms with E-state index in [4.69, 9.17) is 10.5 Å². The number of primary amides is 1. The third-order valence-electron chi connectivity index (χ3n) is 2.75. The highest BCUT2D eigenvalue weighted by Gasteiger charge is 2.10. The van der Waals surface area contributed by atoms with Crippen molar-refractivity contribution in [2.45, 2.75) is 0 Å². The van der Waals surface area contributed by atoms with Gasteiger partial charge in [0, 0.05) is 11.3 Å². The summed E-state index contributed by atoms with van der Waals surface area (Å²) in [6, 6.07) is 12.9. The highest BCUT2D eigenvalue weighted by atomic mass is 16.5. The van der Waals surface area contributed by atoms with Crippen molar-refractivity contribution in [3.05, 3.63) is 54.1 Å². The van der Waals surface area contributed by atoms with Gasteiger partial charge in [0.2, 0.25) is 0 Å². The Bertz CT molecular complexity index is 671. The Morgan fingerprint density at radius 2 is 1.81 bits per heavy atom. The average Bonchev–Trinajstić information content (AvgIpc) is 2.47. The second-order valence-electron chi connectivity index (χ2n) is 4.22. The Morgan fingerprint density at radius 1 is 1.05 bits per heavy atom. The molecule has 0 aromatic heterocycles. The Balaban J connectivity index is 2.18. The van der Waals surface area contributed by atoms with Crippen LogP contribution in [0, 0.1) is 0 Å². The molecular weight excluding hydrogens is 270 g/mol. The zero-order valence-corrected chi connectivity index (χ0v) is 11.4. The summed E-state index contributed by atoms with van der Waals surface area (Å²) in [5.74, 6) is 0.255. The van der Waals surface area contributed by atoms with Crippen LogP contribution in [-0.4, -0.2) is 19.0 Å². The summed E-state index contributed by atoms with van der Waals surface area (Å²) in [7, 11) is 1.53. The van der Waals surface area contributed by atoms with E-state index in [9.17, 15) is 9.59 Å². The molecule has 0 aliphatic carbocycles. The number of anilines is 2. The van der Waals surface area contributed by atoms with Crippen molar-refractivity contribution in [2.75, 3.05) is 17.7 Å². The van der Waals surface area contributed by atoms with Gasteiger partial charge in [0.15, 0.2) is 0 Å². The minimum Gasteiger partial charge on any atom is -0.495 e. The molecule has 0 fully saturated rings. The number of methoxy groups -OCH3 is 1. The van der Waals surface area contributed by atoms with Gasteiger partial charge >= 0.3 is 6.03 Å². The Kier molecular flexibility index (Phi) is 4.40. The molecule has 0 bridgehead atoms. The summed E-state index contributed by atoms with van der Waals surface area (Å²) in [5, 5.41) is 5.17. The van der Waals surface area contributed by atoms with E-state index in [1.54, 1.807) is 36.4 Å². The number of amides is 3. The smallest absolute Gasteiger partial charge is 0.316 e. The first kappa shape index (κ1) is 14.4. The average molecular weight is 285 g/mol. The number of carbonyl (C=O) groups excluding carboxylic acids is 2. The van der Waals surface area contributed by atoms with Crippen molar-refractivity contribution in [1.82, 2.24) is 0 Å². The minimum atomic E-state index is -0.683. The number of hydrogen-bond donors (Lipinski definition) is 3. The van der Waals surface area contributed by atoms with Crippen molar-refractivity contribution in [1.29, 1.82) is 0 Å². The minimum absolute atomic E-state index is 0.312. The lowest BCUT2D eigenvalue weighted by Gasteiger charge is -2.10. The number of hydrogen-bond acceptors (Lipinski definition) is 3. The summed E-state index contributed by atoms with van der Waals surface area (Å²) >= 11 is 0. The van der Waals surface area contributed by atoms with E-state index in [0.717, 1.165) is 0 Å². The zero-order valence-electron chi connectivity index (χ0n) is 11.4. The van der Waals surface area contributed by atoms with Crippen LogP contribution in [0.3, 0.4) is 0 Å². The molecule has 2 rings (SSSR count). The topological polar surface area (TPSA) is 93.4 Å². The molecule has 0 aliphatic heterocycles. The Labute approximate surface area is 121 Å². The van der Waals surface area contributed by atoms with Gasteiger partial charge in [0.1, 0.15) is 5.75 Å². The van der Waals surface area contributed by atoms with Gasteiger partial charge in [-0.25, -0.2) is 4.79 Å². The Hall–Kier alpha value is -3.02. The van der Waals surface area contributed by atoms with Crippen molar-refractivity contribution in [3.63, 3.8) is 0 Å². The lowest BCUT2D eigenvalue weighted by Crippen LogP contribution is -2.20. The third-order valence-corrected chi connectivity index (χ3v) is 2.75. The van der Waals surface area contributed by atoms with Crippen LogP contribution >= 0.6 is 0 Å². The van der Waals surface area contributed by atoms with Gasteiger partial charge in [0.05, 0.1) is 12.8 Å². The second-order valence-corrected chi connectivity index (χ2v) is 4.22. The quantitative estimate of drug-likeness (QED) is 0.805. The maximum absolute atomic E-state index is 12.2. The van der Waals surface area contributed by atoms with Crippen LogP contribution in [-0.2, 0) is 0 Å². The van der Waals surface area contributed by atoms with E-state index in [1.165, 1.54) is 13.2 Å². The van der Waals surface area contributed by atoms with Crippen molar-refractivity contribution >= 4 is 23.3 Å².